The Labute approximate surface area is 126 Å². The predicted molar refractivity (Wildman–Crippen MR) is 84.8 cm³/mol. The first-order valence-corrected chi connectivity index (χ1v) is 7.35. The minimum absolute atomic E-state index is 0.0526. The van der Waals surface area contributed by atoms with Gasteiger partial charge in [-0.25, -0.2) is 0 Å². The van der Waals surface area contributed by atoms with E-state index >= 15 is 0 Å². The van der Waals surface area contributed by atoms with Gasteiger partial charge < -0.3 is 9.47 Å². The highest BCUT2D eigenvalue weighted by Crippen LogP contribution is 2.31. The van der Waals surface area contributed by atoms with Crippen molar-refractivity contribution in [3.8, 4) is 11.5 Å². The van der Waals surface area contributed by atoms with Crippen LogP contribution in [0.4, 0.5) is 0 Å². The molecule has 21 heavy (non-hydrogen) atoms. The van der Waals surface area contributed by atoms with E-state index in [1.807, 2.05) is 29.6 Å². The van der Waals surface area contributed by atoms with E-state index in [0.717, 1.165) is 10.1 Å². The van der Waals surface area contributed by atoms with Crippen LogP contribution in [0.3, 0.4) is 0 Å². The van der Waals surface area contributed by atoms with Crippen molar-refractivity contribution < 1.29 is 14.3 Å². The molecule has 0 atom stereocenters. The normalized spacial score (nSPS) is 10.6. The van der Waals surface area contributed by atoms with Crippen molar-refractivity contribution >= 4 is 27.2 Å². The number of hydrogen-bond donors (Lipinski definition) is 0. The molecule has 3 aromatic rings. The van der Waals surface area contributed by atoms with Crippen LogP contribution < -0.4 is 9.47 Å². The molecule has 0 fully saturated rings. The van der Waals surface area contributed by atoms with Crippen molar-refractivity contribution in [1.29, 1.82) is 0 Å². The van der Waals surface area contributed by atoms with Gasteiger partial charge in [0.15, 0.2) is 5.78 Å². The highest BCUT2D eigenvalue weighted by atomic mass is 32.1. The summed E-state index contributed by atoms with van der Waals surface area (Å²) in [4.78, 5) is 12.8. The lowest BCUT2D eigenvalue weighted by Gasteiger charge is -2.09. The molecule has 0 saturated carbocycles. The molecule has 3 nitrogen and oxygen atoms in total. The first-order valence-electron chi connectivity index (χ1n) is 6.47. The second-order valence-electron chi connectivity index (χ2n) is 4.54. The Morgan fingerprint density at radius 1 is 1.00 bits per heavy atom. The maximum Gasteiger partial charge on any atom is 0.198 e. The van der Waals surface area contributed by atoms with Gasteiger partial charge in [0.1, 0.15) is 11.5 Å². The molecule has 1 heterocycles. The first kappa shape index (κ1) is 13.6. The van der Waals surface area contributed by atoms with Crippen molar-refractivity contribution in [2.75, 3.05) is 14.2 Å². The standard InChI is InChI=1S/C17H14O3S/c1-19-11-7-8-15(20-2)13(9-11)17(18)14-10-21-16-6-4-3-5-12(14)16/h3-10H,1-2H3. The SMILES string of the molecule is COc1ccc(OC)c(C(=O)c2csc3ccccc23)c1. The fourth-order valence-electron chi connectivity index (χ4n) is 2.29. The summed E-state index contributed by atoms with van der Waals surface area (Å²) >= 11 is 1.57. The van der Waals surface area contributed by atoms with Crippen LogP contribution in [-0.2, 0) is 0 Å². The molecule has 0 amide bonds. The third-order valence-corrected chi connectivity index (χ3v) is 4.34. The van der Waals surface area contributed by atoms with Gasteiger partial charge in [-0.05, 0) is 24.3 Å². The van der Waals surface area contributed by atoms with Gasteiger partial charge in [0.2, 0.25) is 0 Å². The molecule has 0 unspecified atom stereocenters. The van der Waals surface area contributed by atoms with Crippen LogP contribution in [0.25, 0.3) is 10.1 Å². The van der Waals surface area contributed by atoms with E-state index in [1.54, 1.807) is 43.8 Å². The first-order chi connectivity index (χ1) is 10.2. The van der Waals surface area contributed by atoms with E-state index in [1.165, 1.54) is 0 Å². The van der Waals surface area contributed by atoms with Crippen molar-refractivity contribution in [2.24, 2.45) is 0 Å². The number of rotatable bonds is 4. The number of carbonyl (C=O) groups excluding carboxylic acids is 1. The van der Waals surface area contributed by atoms with E-state index in [9.17, 15) is 4.79 Å². The van der Waals surface area contributed by atoms with Gasteiger partial charge in [-0.15, -0.1) is 11.3 Å². The second-order valence-corrected chi connectivity index (χ2v) is 5.45. The Morgan fingerprint density at radius 2 is 1.81 bits per heavy atom. The van der Waals surface area contributed by atoms with E-state index in [0.29, 0.717) is 22.6 Å². The molecular formula is C17H14O3S. The third kappa shape index (κ3) is 2.38. The van der Waals surface area contributed by atoms with Gasteiger partial charge in [0, 0.05) is 21.0 Å². The molecule has 0 aliphatic rings. The van der Waals surface area contributed by atoms with Gasteiger partial charge in [0.25, 0.3) is 0 Å². The molecule has 0 bridgehead atoms. The Morgan fingerprint density at radius 3 is 2.57 bits per heavy atom. The Hall–Kier alpha value is -2.33. The number of benzene rings is 2. The molecule has 0 spiro atoms. The number of ketones is 1. The smallest absolute Gasteiger partial charge is 0.198 e. The van der Waals surface area contributed by atoms with Crippen molar-refractivity contribution in [2.45, 2.75) is 0 Å². The third-order valence-electron chi connectivity index (χ3n) is 3.38. The Kier molecular flexibility index (Phi) is 3.62. The lowest BCUT2D eigenvalue weighted by Crippen LogP contribution is -2.03. The van der Waals surface area contributed by atoms with Gasteiger partial charge in [0.05, 0.1) is 19.8 Å². The van der Waals surface area contributed by atoms with E-state index in [2.05, 4.69) is 0 Å². The van der Waals surface area contributed by atoms with Crippen LogP contribution in [-0.4, -0.2) is 20.0 Å². The predicted octanol–water partition coefficient (Wildman–Crippen LogP) is 4.15. The van der Waals surface area contributed by atoms with Crippen LogP contribution >= 0.6 is 11.3 Å². The molecule has 0 aliphatic heterocycles. The lowest BCUT2D eigenvalue weighted by molar-refractivity contribution is 0.103. The van der Waals surface area contributed by atoms with Gasteiger partial charge in [-0.1, -0.05) is 18.2 Å². The van der Waals surface area contributed by atoms with Gasteiger partial charge in [-0.3, -0.25) is 4.79 Å². The summed E-state index contributed by atoms with van der Waals surface area (Å²) in [5, 5.41) is 2.86. The number of methoxy groups -OCH3 is 2. The highest BCUT2D eigenvalue weighted by molar-refractivity contribution is 7.17. The van der Waals surface area contributed by atoms with Crippen molar-refractivity contribution in [3.05, 3.63) is 59.0 Å². The monoisotopic (exact) mass is 298 g/mol. The van der Waals surface area contributed by atoms with E-state index in [4.69, 9.17) is 9.47 Å². The maximum atomic E-state index is 12.8. The lowest BCUT2D eigenvalue weighted by atomic mass is 10.0. The summed E-state index contributed by atoms with van der Waals surface area (Å²) in [5.74, 6) is 1.14. The molecular weight excluding hydrogens is 284 g/mol. The average Bonchev–Trinajstić information content (AvgIpc) is 2.97. The number of hydrogen-bond acceptors (Lipinski definition) is 4. The number of thiophene rings is 1. The number of fused-ring (bicyclic) bond motifs is 1. The number of carbonyl (C=O) groups is 1. The zero-order valence-electron chi connectivity index (χ0n) is 11.8. The van der Waals surface area contributed by atoms with Crippen LogP contribution in [0.1, 0.15) is 15.9 Å². The van der Waals surface area contributed by atoms with Gasteiger partial charge >= 0.3 is 0 Å². The zero-order chi connectivity index (χ0) is 14.8. The molecule has 0 radical (unpaired) electrons. The summed E-state index contributed by atoms with van der Waals surface area (Å²) in [5.41, 5.74) is 1.21. The minimum atomic E-state index is -0.0526. The summed E-state index contributed by atoms with van der Waals surface area (Å²) < 4.78 is 11.6. The van der Waals surface area contributed by atoms with Crippen molar-refractivity contribution in [1.82, 2.24) is 0 Å². The Balaban J connectivity index is 2.13. The maximum absolute atomic E-state index is 12.8. The second kappa shape index (κ2) is 5.58. The summed E-state index contributed by atoms with van der Waals surface area (Å²) in [7, 11) is 3.14. The van der Waals surface area contributed by atoms with Crippen LogP contribution in [0.2, 0.25) is 0 Å². The topological polar surface area (TPSA) is 35.5 Å². The molecule has 0 N–H and O–H groups in total. The quantitative estimate of drug-likeness (QED) is 0.679. The van der Waals surface area contributed by atoms with Crippen molar-refractivity contribution in [3.63, 3.8) is 0 Å². The Bertz CT molecular complexity index is 805. The summed E-state index contributed by atoms with van der Waals surface area (Å²) in [6.07, 6.45) is 0. The van der Waals surface area contributed by atoms with Crippen LogP contribution in [0, 0.1) is 0 Å². The highest BCUT2D eigenvalue weighted by Gasteiger charge is 2.18. The molecule has 0 aliphatic carbocycles. The molecule has 4 heteroatoms. The van der Waals surface area contributed by atoms with Gasteiger partial charge in [-0.2, -0.15) is 0 Å². The average molecular weight is 298 g/mol. The minimum Gasteiger partial charge on any atom is -0.497 e. The number of ether oxygens (including phenoxy) is 2. The van der Waals surface area contributed by atoms with Crippen LogP contribution in [0.5, 0.6) is 11.5 Å². The fourth-order valence-corrected chi connectivity index (χ4v) is 3.23. The zero-order valence-corrected chi connectivity index (χ0v) is 12.6. The molecule has 1 aromatic heterocycles. The van der Waals surface area contributed by atoms with E-state index in [-0.39, 0.29) is 5.78 Å². The van der Waals surface area contributed by atoms with Crippen LogP contribution in [0.15, 0.2) is 47.8 Å². The molecule has 0 saturated heterocycles. The van der Waals surface area contributed by atoms with E-state index < -0.39 is 0 Å². The summed E-state index contributed by atoms with van der Waals surface area (Å²) in [6, 6.07) is 13.1. The molecule has 2 aromatic carbocycles. The largest absolute Gasteiger partial charge is 0.497 e. The fraction of sp³-hybridized carbons (Fsp3) is 0.118. The summed E-state index contributed by atoms with van der Waals surface area (Å²) in [6.45, 7) is 0. The molecule has 106 valence electrons. The molecule has 3 rings (SSSR count).